The second-order valence-electron chi connectivity index (χ2n) is 8.69. The number of hydrogen-bond acceptors (Lipinski definition) is 4. The highest BCUT2D eigenvalue weighted by atomic mass is 16.4. The second kappa shape index (κ2) is 12.7. The second-order valence-corrected chi connectivity index (χ2v) is 8.69. The van der Waals surface area contributed by atoms with Gasteiger partial charge in [-0.15, -0.1) is 0 Å². The molecule has 1 amide bonds. The van der Waals surface area contributed by atoms with Gasteiger partial charge in [-0.05, 0) is 36.1 Å². The maximum Gasteiger partial charge on any atom is 0.414 e. The highest BCUT2D eigenvalue weighted by Crippen LogP contribution is 2.42. The number of rotatable bonds is 6. The number of nitrogens with zero attached hydrogens (tertiary/aromatic N) is 2. The van der Waals surface area contributed by atoms with Crippen molar-refractivity contribution in [3.05, 3.63) is 102 Å². The number of carbonyl (C=O) groups is 3. The van der Waals surface area contributed by atoms with Gasteiger partial charge in [0.25, 0.3) is 0 Å². The number of carboxylic acids is 2. The van der Waals surface area contributed by atoms with Gasteiger partial charge < -0.3 is 15.1 Å². The van der Waals surface area contributed by atoms with Crippen LogP contribution in [0.25, 0.3) is 0 Å². The highest BCUT2D eigenvalue weighted by Gasteiger charge is 2.44. The quantitative estimate of drug-likeness (QED) is 0.485. The molecule has 1 fully saturated rings. The average molecular weight is 489 g/mol. The van der Waals surface area contributed by atoms with E-state index in [2.05, 4.69) is 82.6 Å². The van der Waals surface area contributed by atoms with Crippen LogP contribution in [0.15, 0.2) is 91.0 Å². The Morgan fingerprint density at radius 1 is 0.778 bits per heavy atom. The normalized spacial score (nSPS) is 14.7. The van der Waals surface area contributed by atoms with Crippen molar-refractivity contribution >= 4 is 23.5 Å². The first-order valence-corrected chi connectivity index (χ1v) is 12.0. The summed E-state index contributed by atoms with van der Waals surface area (Å²) >= 11 is 0. The van der Waals surface area contributed by atoms with Crippen LogP contribution < -0.4 is 4.90 Å². The summed E-state index contributed by atoms with van der Waals surface area (Å²) in [6.07, 6.45) is 2.34. The smallest absolute Gasteiger partial charge is 0.414 e. The SMILES string of the molecule is CCC(=O)N(c1ccccc1)C1(c2ccccc2)CCN(Cc2ccccc2)CC1.O=C(O)C(=O)O. The minimum Gasteiger partial charge on any atom is -0.473 e. The molecule has 0 atom stereocenters. The third kappa shape index (κ3) is 6.58. The number of anilines is 1. The summed E-state index contributed by atoms with van der Waals surface area (Å²) in [5.74, 6) is -3.47. The molecule has 3 aromatic carbocycles. The largest absolute Gasteiger partial charge is 0.473 e. The van der Waals surface area contributed by atoms with Gasteiger partial charge in [0.1, 0.15) is 0 Å². The fourth-order valence-corrected chi connectivity index (χ4v) is 4.68. The predicted molar refractivity (Wildman–Crippen MR) is 139 cm³/mol. The monoisotopic (exact) mass is 488 g/mol. The van der Waals surface area contributed by atoms with Crippen molar-refractivity contribution in [3.8, 4) is 0 Å². The average Bonchev–Trinajstić information content (AvgIpc) is 2.92. The molecule has 7 heteroatoms. The molecule has 0 aliphatic carbocycles. The van der Waals surface area contributed by atoms with Gasteiger partial charge in [-0.25, -0.2) is 9.59 Å². The maximum atomic E-state index is 13.3. The molecule has 1 saturated heterocycles. The van der Waals surface area contributed by atoms with E-state index in [1.165, 1.54) is 11.1 Å². The Labute approximate surface area is 211 Å². The molecule has 3 aromatic rings. The molecule has 1 aliphatic heterocycles. The van der Waals surface area contributed by atoms with E-state index in [1.807, 2.05) is 25.1 Å². The van der Waals surface area contributed by atoms with E-state index in [-0.39, 0.29) is 11.4 Å². The Morgan fingerprint density at radius 3 is 1.72 bits per heavy atom. The Morgan fingerprint density at radius 2 is 1.25 bits per heavy atom. The van der Waals surface area contributed by atoms with Crippen LogP contribution in [0.3, 0.4) is 0 Å². The maximum absolute atomic E-state index is 13.3. The van der Waals surface area contributed by atoms with Crippen LogP contribution in [0, 0.1) is 0 Å². The third-order valence-electron chi connectivity index (χ3n) is 6.42. The van der Waals surface area contributed by atoms with Crippen LogP contribution in [-0.4, -0.2) is 46.0 Å². The molecule has 4 rings (SSSR count). The number of carboxylic acid groups (broad SMARTS) is 2. The van der Waals surface area contributed by atoms with Crippen LogP contribution in [0.2, 0.25) is 0 Å². The molecule has 0 saturated carbocycles. The number of piperidine rings is 1. The Balaban J connectivity index is 0.000000538. The van der Waals surface area contributed by atoms with Crippen molar-refractivity contribution in [2.75, 3.05) is 18.0 Å². The fourth-order valence-electron chi connectivity index (χ4n) is 4.68. The van der Waals surface area contributed by atoms with Crippen molar-refractivity contribution in [2.24, 2.45) is 0 Å². The first-order chi connectivity index (χ1) is 17.4. The van der Waals surface area contributed by atoms with Crippen molar-refractivity contribution in [1.82, 2.24) is 4.90 Å². The van der Waals surface area contributed by atoms with Crippen LogP contribution in [0.4, 0.5) is 5.69 Å². The first kappa shape index (κ1) is 26.6. The summed E-state index contributed by atoms with van der Waals surface area (Å²) < 4.78 is 0. The van der Waals surface area contributed by atoms with Crippen molar-refractivity contribution < 1.29 is 24.6 Å². The molecule has 0 radical (unpaired) electrons. The number of amides is 1. The minimum absolute atomic E-state index is 0.182. The molecule has 2 N–H and O–H groups in total. The van der Waals surface area contributed by atoms with E-state index < -0.39 is 11.9 Å². The fraction of sp³-hybridized carbons (Fsp3) is 0.276. The number of aliphatic carboxylic acids is 2. The summed E-state index contributed by atoms with van der Waals surface area (Å²) in [7, 11) is 0. The summed E-state index contributed by atoms with van der Waals surface area (Å²) in [6.45, 7) is 4.84. The molecule has 1 aliphatic rings. The predicted octanol–water partition coefficient (Wildman–Crippen LogP) is 4.78. The Kier molecular flexibility index (Phi) is 9.36. The zero-order valence-corrected chi connectivity index (χ0v) is 20.4. The molecule has 7 nitrogen and oxygen atoms in total. The van der Waals surface area contributed by atoms with E-state index in [0.29, 0.717) is 6.42 Å². The van der Waals surface area contributed by atoms with Gasteiger partial charge in [0.15, 0.2) is 0 Å². The number of benzene rings is 3. The third-order valence-corrected chi connectivity index (χ3v) is 6.42. The molecule has 0 bridgehead atoms. The lowest BCUT2D eigenvalue weighted by atomic mass is 9.78. The summed E-state index contributed by atoms with van der Waals surface area (Å²) in [5, 5.41) is 14.8. The summed E-state index contributed by atoms with van der Waals surface area (Å²) in [4.78, 5) is 36.1. The minimum atomic E-state index is -1.82. The standard InChI is InChI=1S/C27H30N2O.C2H2O4/c1-2-26(30)29(25-16-10-5-11-17-25)27(24-14-8-4-9-15-24)18-20-28(21-19-27)22-23-12-6-3-7-13-23;3-1(4)2(5)6/h3-17H,2,18-22H2,1H3;(H,3,4)(H,5,6). The molecule has 0 aromatic heterocycles. The zero-order valence-electron chi connectivity index (χ0n) is 20.4. The van der Waals surface area contributed by atoms with Crippen molar-refractivity contribution in [3.63, 3.8) is 0 Å². The molecule has 188 valence electrons. The molecular formula is C29H32N2O5. The number of hydrogen-bond donors (Lipinski definition) is 2. The lowest BCUT2D eigenvalue weighted by Gasteiger charge is -2.49. The highest BCUT2D eigenvalue weighted by molar-refractivity contribution is 6.27. The van der Waals surface area contributed by atoms with E-state index >= 15 is 0 Å². The molecular weight excluding hydrogens is 456 g/mol. The van der Waals surface area contributed by atoms with E-state index in [0.717, 1.165) is 38.2 Å². The Hall–Kier alpha value is -3.97. The van der Waals surface area contributed by atoms with Crippen molar-refractivity contribution in [2.45, 2.75) is 38.3 Å². The lowest BCUT2D eigenvalue weighted by Crippen LogP contribution is -2.55. The van der Waals surface area contributed by atoms with Gasteiger partial charge in [0.2, 0.25) is 5.91 Å². The lowest BCUT2D eigenvalue weighted by molar-refractivity contribution is -0.159. The summed E-state index contributed by atoms with van der Waals surface area (Å²) in [6, 6.07) is 31.4. The zero-order chi connectivity index (χ0) is 26.0. The van der Waals surface area contributed by atoms with Gasteiger partial charge in [-0.3, -0.25) is 9.69 Å². The molecule has 0 spiro atoms. The van der Waals surface area contributed by atoms with Crippen LogP contribution in [0.5, 0.6) is 0 Å². The van der Waals surface area contributed by atoms with Gasteiger partial charge >= 0.3 is 11.9 Å². The van der Waals surface area contributed by atoms with Gasteiger partial charge in [-0.1, -0.05) is 85.8 Å². The van der Waals surface area contributed by atoms with Crippen LogP contribution in [0.1, 0.15) is 37.3 Å². The van der Waals surface area contributed by atoms with E-state index in [4.69, 9.17) is 19.8 Å². The number of para-hydroxylation sites is 1. The first-order valence-electron chi connectivity index (χ1n) is 12.0. The van der Waals surface area contributed by atoms with Crippen LogP contribution in [-0.2, 0) is 26.5 Å². The number of carbonyl (C=O) groups excluding carboxylic acids is 1. The molecule has 36 heavy (non-hydrogen) atoms. The Bertz CT molecular complexity index is 1120. The molecule has 1 heterocycles. The van der Waals surface area contributed by atoms with Gasteiger partial charge in [-0.2, -0.15) is 0 Å². The van der Waals surface area contributed by atoms with Crippen LogP contribution >= 0.6 is 0 Å². The number of likely N-dealkylation sites (tertiary alicyclic amines) is 1. The summed E-state index contributed by atoms with van der Waals surface area (Å²) in [5.41, 5.74) is 3.25. The van der Waals surface area contributed by atoms with Crippen molar-refractivity contribution in [1.29, 1.82) is 0 Å². The van der Waals surface area contributed by atoms with E-state index in [9.17, 15) is 4.79 Å². The van der Waals surface area contributed by atoms with Gasteiger partial charge in [0, 0.05) is 31.7 Å². The topological polar surface area (TPSA) is 98.2 Å². The van der Waals surface area contributed by atoms with Gasteiger partial charge in [0.05, 0.1) is 5.54 Å². The molecule has 0 unspecified atom stereocenters. The van der Waals surface area contributed by atoms with E-state index in [1.54, 1.807) is 0 Å².